The van der Waals surface area contributed by atoms with Crippen molar-refractivity contribution in [2.24, 2.45) is 0 Å². The number of aliphatic hydroxyl groups excluding tert-OH is 1. The average Bonchev–Trinajstić information content (AvgIpc) is 3.12. The third-order valence-corrected chi connectivity index (χ3v) is 4.95. The lowest BCUT2D eigenvalue weighted by atomic mass is 10.0. The molecular weight excluding hydrogens is 361 g/mol. The number of aromatic nitrogens is 4. The highest BCUT2D eigenvalue weighted by Crippen LogP contribution is 2.32. The van der Waals surface area contributed by atoms with Gasteiger partial charge in [0.2, 0.25) is 5.95 Å². The molecule has 0 aliphatic carbocycles. The van der Waals surface area contributed by atoms with Crippen LogP contribution in [-0.2, 0) is 4.74 Å². The number of aliphatic hydroxyl groups is 1. The molecular formula is C20H24FN5O2. The zero-order valence-corrected chi connectivity index (χ0v) is 15.9. The predicted molar refractivity (Wildman–Crippen MR) is 104 cm³/mol. The van der Waals surface area contributed by atoms with Crippen LogP contribution in [0.15, 0.2) is 24.5 Å². The zero-order chi connectivity index (χ0) is 19.5. The molecule has 1 saturated heterocycles. The molecule has 1 atom stereocenters. The van der Waals surface area contributed by atoms with Crippen molar-refractivity contribution < 1.29 is 14.2 Å². The SMILES string of the molecule is Cc1cc(F)ccc1-c1nc(NCCCO)nc2c1ncn2C1CCCCO1. The number of imidazole rings is 1. The van der Waals surface area contributed by atoms with Crippen molar-refractivity contribution >= 4 is 17.1 Å². The van der Waals surface area contributed by atoms with Crippen LogP contribution in [0.4, 0.5) is 10.3 Å². The molecule has 28 heavy (non-hydrogen) atoms. The summed E-state index contributed by atoms with van der Waals surface area (Å²) >= 11 is 0. The van der Waals surface area contributed by atoms with E-state index in [2.05, 4.69) is 20.3 Å². The molecule has 2 N–H and O–H groups in total. The van der Waals surface area contributed by atoms with E-state index in [0.29, 0.717) is 35.8 Å². The number of hydrogen-bond acceptors (Lipinski definition) is 6. The summed E-state index contributed by atoms with van der Waals surface area (Å²) in [7, 11) is 0. The second-order valence-electron chi connectivity index (χ2n) is 7.00. The molecule has 1 aromatic carbocycles. The normalized spacial score (nSPS) is 17.2. The van der Waals surface area contributed by atoms with Crippen molar-refractivity contribution in [1.82, 2.24) is 19.5 Å². The summed E-state index contributed by atoms with van der Waals surface area (Å²) in [5, 5.41) is 12.2. The second kappa shape index (κ2) is 8.20. The van der Waals surface area contributed by atoms with Gasteiger partial charge in [-0.05, 0) is 56.4 Å². The predicted octanol–water partition coefficient (Wildman–Crippen LogP) is 3.43. The molecule has 148 valence electrons. The van der Waals surface area contributed by atoms with Gasteiger partial charge in [-0.15, -0.1) is 0 Å². The number of benzene rings is 1. The van der Waals surface area contributed by atoms with Gasteiger partial charge in [-0.3, -0.25) is 4.57 Å². The highest BCUT2D eigenvalue weighted by molar-refractivity contribution is 5.89. The lowest BCUT2D eigenvalue weighted by molar-refractivity contribution is -0.0298. The van der Waals surface area contributed by atoms with Gasteiger partial charge in [0, 0.05) is 25.3 Å². The first-order valence-electron chi connectivity index (χ1n) is 9.65. The topological polar surface area (TPSA) is 85.1 Å². The molecule has 0 spiro atoms. The van der Waals surface area contributed by atoms with Crippen LogP contribution in [-0.4, -0.2) is 44.4 Å². The van der Waals surface area contributed by atoms with Crippen molar-refractivity contribution in [1.29, 1.82) is 0 Å². The van der Waals surface area contributed by atoms with Crippen LogP contribution in [0, 0.1) is 12.7 Å². The number of fused-ring (bicyclic) bond motifs is 1. The van der Waals surface area contributed by atoms with E-state index in [9.17, 15) is 4.39 Å². The summed E-state index contributed by atoms with van der Waals surface area (Å²) < 4.78 is 21.5. The van der Waals surface area contributed by atoms with Gasteiger partial charge in [0.05, 0.1) is 6.33 Å². The average molecular weight is 385 g/mol. The maximum Gasteiger partial charge on any atom is 0.225 e. The van der Waals surface area contributed by atoms with Crippen LogP contribution in [0.25, 0.3) is 22.4 Å². The smallest absolute Gasteiger partial charge is 0.225 e. The molecule has 1 fully saturated rings. The maximum atomic E-state index is 13.6. The first-order valence-corrected chi connectivity index (χ1v) is 9.65. The molecule has 0 radical (unpaired) electrons. The van der Waals surface area contributed by atoms with E-state index < -0.39 is 0 Å². The largest absolute Gasteiger partial charge is 0.396 e. The van der Waals surface area contributed by atoms with Crippen molar-refractivity contribution in [2.45, 2.75) is 38.8 Å². The van der Waals surface area contributed by atoms with Crippen molar-refractivity contribution in [2.75, 3.05) is 25.1 Å². The third kappa shape index (κ3) is 3.70. The van der Waals surface area contributed by atoms with E-state index in [0.717, 1.165) is 37.0 Å². The molecule has 7 nitrogen and oxygen atoms in total. The van der Waals surface area contributed by atoms with Crippen LogP contribution in [0.1, 0.15) is 37.5 Å². The van der Waals surface area contributed by atoms with E-state index in [1.165, 1.54) is 12.1 Å². The van der Waals surface area contributed by atoms with Crippen LogP contribution in [0.2, 0.25) is 0 Å². The first-order chi connectivity index (χ1) is 13.7. The van der Waals surface area contributed by atoms with Crippen LogP contribution >= 0.6 is 0 Å². The lowest BCUT2D eigenvalue weighted by Crippen LogP contribution is -2.18. The maximum absolute atomic E-state index is 13.6. The van der Waals surface area contributed by atoms with E-state index >= 15 is 0 Å². The molecule has 1 aliphatic rings. The molecule has 0 saturated carbocycles. The number of halogens is 1. The fraction of sp³-hybridized carbons (Fsp3) is 0.450. The van der Waals surface area contributed by atoms with Gasteiger partial charge in [-0.2, -0.15) is 4.98 Å². The highest BCUT2D eigenvalue weighted by atomic mass is 19.1. The number of hydrogen-bond donors (Lipinski definition) is 2. The summed E-state index contributed by atoms with van der Waals surface area (Å²) in [4.78, 5) is 13.9. The third-order valence-electron chi connectivity index (χ3n) is 4.95. The minimum atomic E-state index is -0.283. The first kappa shape index (κ1) is 18.8. The number of aryl methyl sites for hydroxylation is 1. The molecule has 4 rings (SSSR count). The summed E-state index contributed by atoms with van der Waals surface area (Å²) in [6, 6.07) is 4.64. The Morgan fingerprint density at radius 2 is 2.21 bits per heavy atom. The number of ether oxygens (including phenoxy) is 1. The standard InChI is InChI=1S/C20H24FN5O2/c1-13-11-14(21)6-7-15(13)17-18-19(25-20(24-17)22-8-4-9-27)26(12-23-18)16-5-2-3-10-28-16/h6-7,11-12,16,27H,2-5,8-10H2,1H3,(H,22,24,25). The summed E-state index contributed by atoms with van der Waals surface area (Å²) in [5.41, 5.74) is 3.60. The number of nitrogens with one attached hydrogen (secondary N) is 1. The Bertz CT molecular complexity index is 969. The summed E-state index contributed by atoms with van der Waals surface area (Å²) in [6.07, 6.45) is 5.31. The Kier molecular flexibility index (Phi) is 5.50. The Labute approximate surface area is 162 Å². The number of nitrogens with zero attached hydrogens (tertiary/aromatic N) is 4. The lowest BCUT2D eigenvalue weighted by Gasteiger charge is -2.24. The zero-order valence-electron chi connectivity index (χ0n) is 15.9. The Balaban J connectivity index is 1.83. The quantitative estimate of drug-likeness (QED) is 0.633. The summed E-state index contributed by atoms with van der Waals surface area (Å²) in [6.45, 7) is 3.22. The minimum Gasteiger partial charge on any atom is -0.396 e. The fourth-order valence-corrected chi connectivity index (χ4v) is 3.51. The Morgan fingerprint density at radius 1 is 1.32 bits per heavy atom. The van der Waals surface area contributed by atoms with Crippen LogP contribution in [0.5, 0.6) is 0 Å². The van der Waals surface area contributed by atoms with Gasteiger partial charge in [0.15, 0.2) is 5.65 Å². The van der Waals surface area contributed by atoms with Gasteiger partial charge >= 0.3 is 0 Å². The molecule has 0 bridgehead atoms. The van der Waals surface area contributed by atoms with E-state index in [1.54, 1.807) is 12.4 Å². The van der Waals surface area contributed by atoms with E-state index in [4.69, 9.17) is 9.84 Å². The molecule has 8 heteroatoms. The molecule has 3 aromatic rings. The molecule has 0 amide bonds. The summed E-state index contributed by atoms with van der Waals surface area (Å²) in [5.74, 6) is 0.172. The fourth-order valence-electron chi connectivity index (χ4n) is 3.51. The highest BCUT2D eigenvalue weighted by Gasteiger charge is 2.22. The van der Waals surface area contributed by atoms with Gasteiger partial charge in [0.25, 0.3) is 0 Å². The number of rotatable bonds is 6. The van der Waals surface area contributed by atoms with Crippen molar-refractivity contribution in [3.8, 4) is 11.3 Å². The molecule has 3 heterocycles. The monoisotopic (exact) mass is 385 g/mol. The van der Waals surface area contributed by atoms with E-state index in [1.807, 2.05) is 11.5 Å². The Morgan fingerprint density at radius 3 is 2.96 bits per heavy atom. The molecule has 1 unspecified atom stereocenters. The minimum absolute atomic E-state index is 0.0903. The van der Waals surface area contributed by atoms with Crippen LogP contribution < -0.4 is 5.32 Å². The van der Waals surface area contributed by atoms with Gasteiger partial charge < -0.3 is 15.2 Å². The number of anilines is 1. The van der Waals surface area contributed by atoms with Gasteiger partial charge in [0.1, 0.15) is 23.3 Å². The molecule has 2 aromatic heterocycles. The van der Waals surface area contributed by atoms with Gasteiger partial charge in [-0.1, -0.05) is 0 Å². The van der Waals surface area contributed by atoms with E-state index in [-0.39, 0.29) is 18.7 Å². The van der Waals surface area contributed by atoms with Crippen molar-refractivity contribution in [3.63, 3.8) is 0 Å². The second-order valence-corrected chi connectivity index (χ2v) is 7.00. The Hall–Kier alpha value is -2.58. The molecule has 1 aliphatic heterocycles. The van der Waals surface area contributed by atoms with Gasteiger partial charge in [-0.25, -0.2) is 14.4 Å². The van der Waals surface area contributed by atoms with Crippen molar-refractivity contribution in [3.05, 3.63) is 35.9 Å². The van der Waals surface area contributed by atoms with Crippen LogP contribution in [0.3, 0.4) is 0 Å².